The summed E-state index contributed by atoms with van der Waals surface area (Å²) >= 11 is 0. The van der Waals surface area contributed by atoms with Crippen molar-refractivity contribution >= 4 is 18.0 Å². The van der Waals surface area contributed by atoms with Gasteiger partial charge in [0.15, 0.2) is 0 Å². The Morgan fingerprint density at radius 2 is 1.73 bits per heavy atom. The minimum absolute atomic E-state index is 0.334. The lowest BCUT2D eigenvalue weighted by Gasteiger charge is -2.38. The normalized spacial score (nSPS) is 15.8. The van der Waals surface area contributed by atoms with E-state index in [2.05, 4.69) is 10.6 Å². The minimum Gasteiger partial charge on any atom is -0.450 e. The Morgan fingerprint density at radius 1 is 1.08 bits per heavy atom. The van der Waals surface area contributed by atoms with Crippen molar-refractivity contribution in [2.75, 3.05) is 39.3 Å². The van der Waals surface area contributed by atoms with Crippen LogP contribution in [0.25, 0.3) is 0 Å². The topological polar surface area (TPSA) is 91.0 Å². The summed E-state index contributed by atoms with van der Waals surface area (Å²) in [7, 11) is 0. The molecule has 0 radical (unpaired) electrons. The lowest BCUT2D eigenvalue weighted by Crippen LogP contribution is -2.53. The highest BCUT2D eigenvalue weighted by atomic mass is 16.6. The number of carbonyl (C=O) groups excluding carboxylic acids is 3. The van der Waals surface area contributed by atoms with Gasteiger partial charge in [0.25, 0.3) is 0 Å². The molecule has 1 fully saturated rings. The van der Waals surface area contributed by atoms with Crippen molar-refractivity contribution in [3.05, 3.63) is 35.9 Å². The zero-order chi connectivity index (χ0) is 18.9. The molecule has 8 nitrogen and oxygen atoms in total. The van der Waals surface area contributed by atoms with Crippen LogP contribution in [0.15, 0.2) is 30.3 Å². The van der Waals surface area contributed by atoms with Gasteiger partial charge in [-0.3, -0.25) is 15.0 Å². The molecule has 0 aliphatic carbocycles. The van der Waals surface area contributed by atoms with E-state index < -0.39 is 12.1 Å². The molecule has 0 saturated carbocycles. The van der Waals surface area contributed by atoms with Crippen molar-refractivity contribution in [3.8, 4) is 0 Å². The van der Waals surface area contributed by atoms with Gasteiger partial charge in [0.05, 0.1) is 6.61 Å². The second kappa shape index (κ2) is 9.76. The van der Waals surface area contributed by atoms with Gasteiger partial charge in [0.1, 0.15) is 6.04 Å². The SMILES string of the molecule is CCNC(=O)NC(=O)[C@H](c1ccccc1)N1CCN(C(=O)OCC)CC1. The summed E-state index contributed by atoms with van der Waals surface area (Å²) in [5, 5.41) is 4.96. The highest BCUT2D eigenvalue weighted by Gasteiger charge is 2.32. The van der Waals surface area contributed by atoms with Gasteiger partial charge in [-0.25, -0.2) is 9.59 Å². The van der Waals surface area contributed by atoms with E-state index in [9.17, 15) is 14.4 Å². The second-order valence-corrected chi connectivity index (χ2v) is 5.88. The number of piperazine rings is 1. The first-order valence-electron chi connectivity index (χ1n) is 8.86. The number of rotatable bonds is 5. The van der Waals surface area contributed by atoms with E-state index in [0.717, 1.165) is 5.56 Å². The van der Waals surface area contributed by atoms with E-state index in [1.165, 1.54) is 0 Å². The van der Waals surface area contributed by atoms with Gasteiger partial charge in [0, 0.05) is 32.7 Å². The summed E-state index contributed by atoms with van der Waals surface area (Å²) in [5.41, 5.74) is 0.805. The Bertz CT molecular complexity index is 615. The number of hydrogen-bond donors (Lipinski definition) is 2. The predicted octanol–water partition coefficient (Wildman–Crippen LogP) is 1.35. The Balaban J connectivity index is 2.09. The fourth-order valence-electron chi connectivity index (χ4n) is 2.93. The molecular weight excluding hydrogens is 336 g/mol. The first kappa shape index (κ1) is 19.7. The standard InChI is InChI=1S/C18H26N4O4/c1-3-19-17(24)20-16(23)15(14-8-6-5-7-9-14)21-10-12-22(13-11-21)18(25)26-4-2/h5-9,15H,3-4,10-13H2,1-2H3,(H2,19,20,23,24)/t15-/m0/s1. The van der Waals surface area contributed by atoms with Crippen LogP contribution in [0.1, 0.15) is 25.5 Å². The average molecular weight is 362 g/mol. The molecule has 142 valence electrons. The molecule has 4 amide bonds. The highest BCUT2D eigenvalue weighted by Crippen LogP contribution is 2.22. The number of nitrogens with one attached hydrogen (secondary N) is 2. The van der Waals surface area contributed by atoms with Crippen LogP contribution in [0.3, 0.4) is 0 Å². The maximum absolute atomic E-state index is 12.7. The molecule has 1 saturated heterocycles. The lowest BCUT2D eigenvalue weighted by atomic mass is 10.0. The summed E-state index contributed by atoms with van der Waals surface area (Å²) in [6, 6.07) is 8.21. The van der Waals surface area contributed by atoms with E-state index in [-0.39, 0.29) is 12.0 Å². The molecule has 0 unspecified atom stereocenters. The Morgan fingerprint density at radius 3 is 2.31 bits per heavy atom. The number of carbonyl (C=O) groups is 3. The maximum Gasteiger partial charge on any atom is 0.409 e. The van der Waals surface area contributed by atoms with Gasteiger partial charge in [-0.15, -0.1) is 0 Å². The molecule has 26 heavy (non-hydrogen) atoms. The molecule has 1 aromatic rings. The summed E-state index contributed by atoms with van der Waals surface area (Å²) in [6.45, 7) is 6.29. The van der Waals surface area contributed by atoms with E-state index in [1.807, 2.05) is 35.2 Å². The molecular formula is C18H26N4O4. The molecule has 1 aliphatic heterocycles. The van der Waals surface area contributed by atoms with Crippen molar-refractivity contribution in [2.24, 2.45) is 0 Å². The van der Waals surface area contributed by atoms with Gasteiger partial charge in [-0.2, -0.15) is 0 Å². The highest BCUT2D eigenvalue weighted by molar-refractivity contribution is 5.97. The molecule has 1 atom stereocenters. The summed E-state index contributed by atoms with van der Waals surface area (Å²) in [6.07, 6.45) is -0.338. The van der Waals surface area contributed by atoms with Crippen LogP contribution in [0.2, 0.25) is 0 Å². The van der Waals surface area contributed by atoms with Crippen molar-refractivity contribution < 1.29 is 19.1 Å². The third-order valence-corrected chi connectivity index (χ3v) is 4.14. The number of imide groups is 1. The van der Waals surface area contributed by atoms with E-state index in [0.29, 0.717) is 39.3 Å². The molecule has 0 spiro atoms. The zero-order valence-corrected chi connectivity index (χ0v) is 15.2. The van der Waals surface area contributed by atoms with Crippen molar-refractivity contribution in [2.45, 2.75) is 19.9 Å². The van der Waals surface area contributed by atoms with Gasteiger partial charge in [-0.05, 0) is 19.4 Å². The van der Waals surface area contributed by atoms with E-state index in [1.54, 1.807) is 18.7 Å². The fourth-order valence-corrected chi connectivity index (χ4v) is 2.93. The Hall–Kier alpha value is -2.61. The van der Waals surface area contributed by atoms with E-state index in [4.69, 9.17) is 4.74 Å². The lowest BCUT2D eigenvalue weighted by molar-refractivity contribution is -0.126. The van der Waals surface area contributed by atoms with Gasteiger partial charge < -0.3 is 15.0 Å². The van der Waals surface area contributed by atoms with Crippen molar-refractivity contribution in [1.29, 1.82) is 0 Å². The Labute approximate surface area is 153 Å². The summed E-state index contributed by atoms with van der Waals surface area (Å²) < 4.78 is 5.02. The number of urea groups is 1. The number of nitrogens with zero attached hydrogens (tertiary/aromatic N) is 2. The minimum atomic E-state index is -0.594. The first-order chi connectivity index (χ1) is 12.6. The zero-order valence-electron chi connectivity index (χ0n) is 15.2. The molecule has 2 N–H and O–H groups in total. The maximum atomic E-state index is 12.7. The molecule has 1 aliphatic rings. The van der Waals surface area contributed by atoms with E-state index >= 15 is 0 Å². The monoisotopic (exact) mass is 362 g/mol. The third-order valence-electron chi connectivity index (χ3n) is 4.14. The quantitative estimate of drug-likeness (QED) is 0.825. The smallest absolute Gasteiger partial charge is 0.409 e. The van der Waals surface area contributed by atoms with Crippen LogP contribution in [-0.2, 0) is 9.53 Å². The van der Waals surface area contributed by atoms with Crippen molar-refractivity contribution in [3.63, 3.8) is 0 Å². The van der Waals surface area contributed by atoms with Gasteiger partial charge in [-0.1, -0.05) is 30.3 Å². The van der Waals surface area contributed by atoms with Crippen LogP contribution in [0, 0.1) is 0 Å². The molecule has 0 bridgehead atoms. The second-order valence-electron chi connectivity index (χ2n) is 5.88. The molecule has 8 heteroatoms. The van der Waals surface area contributed by atoms with Gasteiger partial charge in [0.2, 0.25) is 5.91 Å². The Kier molecular flexibility index (Phi) is 7.40. The van der Waals surface area contributed by atoms with Crippen LogP contribution in [0.5, 0.6) is 0 Å². The average Bonchev–Trinajstić information content (AvgIpc) is 2.63. The number of ether oxygens (including phenoxy) is 1. The number of amides is 4. The molecule has 0 aromatic heterocycles. The van der Waals surface area contributed by atoms with Crippen LogP contribution < -0.4 is 10.6 Å². The predicted molar refractivity (Wildman–Crippen MR) is 96.6 cm³/mol. The largest absolute Gasteiger partial charge is 0.450 e. The molecule has 2 rings (SSSR count). The van der Waals surface area contributed by atoms with Gasteiger partial charge >= 0.3 is 12.1 Å². The molecule has 1 aromatic carbocycles. The third kappa shape index (κ3) is 5.19. The van der Waals surface area contributed by atoms with Crippen LogP contribution in [-0.4, -0.2) is 67.2 Å². The summed E-state index contributed by atoms with van der Waals surface area (Å²) in [4.78, 5) is 39.9. The number of hydrogen-bond acceptors (Lipinski definition) is 5. The van der Waals surface area contributed by atoms with Crippen LogP contribution >= 0.6 is 0 Å². The summed E-state index contributed by atoms with van der Waals surface area (Å²) in [5.74, 6) is -0.383. The van der Waals surface area contributed by atoms with Crippen molar-refractivity contribution in [1.82, 2.24) is 20.4 Å². The first-order valence-corrected chi connectivity index (χ1v) is 8.86. The van der Waals surface area contributed by atoms with Crippen LogP contribution in [0.4, 0.5) is 9.59 Å². The fraction of sp³-hybridized carbons (Fsp3) is 0.500. The molecule has 1 heterocycles. The number of benzene rings is 1.